The van der Waals surface area contributed by atoms with E-state index in [1.54, 1.807) is 11.8 Å². The minimum Gasteiger partial charge on any atom is -0.317 e. The number of rotatable bonds is 5. The number of nitrogens with one attached hydrogen (secondary N) is 1. The zero-order valence-electron chi connectivity index (χ0n) is 12.1. The summed E-state index contributed by atoms with van der Waals surface area (Å²) >= 11 is 1.64. The number of halogens is 3. The lowest BCUT2D eigenvalue weighted by atomic mass is 10.00. The molecular weight excluding hydrogens is 301 g/mol. The van der Waals surface area contributed by atoms with Gasteiger partial charge in [0.15, 0.2) is 5.82 Å². The van der Waals surface area contributed by atoms with Crippen LogP contribution in [0.3, 0.4) is 0 Å². The van der Waals surface area contributed by atoms with E-state index in [4.69, 9.17) is 0 Å². The number of thioether (sulfide) groups is 1. The lowest BCUT2D eigenvalue weighted by Gasteiger charge is -2.15. The normalized spacial score (nSPS) is 20.5. The van der Waals surface area contributed by atoms with Gasteiger partial charge in [0, 0.05) is 18.1 Å². The Morgan fingerprint density at radius 3 is 2.86 bits per heavy atom. The van der Waals surface area contributed by atoms with Crippen molar-refractivity contribution in [1.29, 1.82) is 0 Å². The smallest absolute Gasteiger partial charge is 0.317 e. The maximum Gasteiger partial charge on any atom is 0.408 e. The monoisotopic (exact) mass is 322 g/mol. The van der Waals surface area contributed by atoms with Gasteiger partial charge in [-0.1, -0.05) is 0 Å². The number of hydrogen-bond donors (Lipinski definition) is 1. The van der Waals surface area contributed by atoms with Crippen molar-refractivity contribution >= 4 is 11.8 Å². The lowest BCUT2D eigenvalue weighted by molar-refractivity contribution is -0.143. The number of nitrogens with zero attached hydrogens (tertiary/aromatic N) is 3. The molecule has 0 bridgehead atoms. The summed E-state index contributed by atoms with van der Waals surface area (Å²) in [6.07, 6.45) is 0.963. The van der Waals surface area contributed by atoms with Crippen LogP contribution in [-0.2, 0) is 13.0 Å². The molecule has 4 nitrogen and oxygen atoms in total. The molecule has 1 saturated heterocycles. The summed E-state index contributed by atoms with van der Waals surface area (Å²) < 4.78 is 39.2. The summed E-state index contributed by atoms with van der Waals surface area (Å²) in [7, 11) is 0. The Morgan fingerprint density at radius 1 is 1.33 bits per heavy atom. The minimum atomic E-state index is -4.26. The summed E-state index contributed by atoms with van der Waals surface area (Å²) in [5.41, 5.74) is 0. The molecule has 1 unspecified atom stereocenters. The molecular formula is C13H21F3N4S. The Balaban J connectivity index is 2.20. The van der Waals surface area contributed by atoms with Crippen LogP contribution in [-0.4, -0.2) is 46.0 Å². The summed E-state index contributed by atoms with van der Waals surface area (Å²) in [5, 5.41) is 7.36. The second-order valence-electron chi connectivity index (χ2n) is 5.28. The average molecular weight is 322 g/mol. The van der Waals surface area contributed by atoms with Gasteiger partial charge in [-0.2, -0.15) is 30.0 Å². The molecule has 0 radical (unpaired) electrons. The molecule has 0 saturated carbocycles. The third-order valence-electron chi connectivity index (χ3n) is 3.54. The predicted molar refractivity (Wildman–Crippen MR) is 77.6 cm³/mol. The Labute approximate surface area is 126 Å². The second kappa shape index (κ2) is 7.49. The Kier molecular flexibility index (Phi) is 5.92. The van der Waals surface area contributed by atoms with Crippen LogP contribution in [0.5, 0.6) is 0 Å². The van der Waals surface area contributed by atoms with Gasteiger partial charge < -0.3 is 5.32 Å². The number of aromatic nitrogens is 3. The van der Waals surface area contributed by atoms with Crippen molar-refractivity contribution in [3.05, 3.63) is 11.6 Å². The zero-order chi connectivity index (χ0) is 15.3. The second-order valence-corrected chi connectivity index (χ2v) is 6.27. The van der Waals surface area contributed by atoms with Crippen LogP contribution in [0.15, 0.2) is 0 Å². The van der Waals surface area contributed by atoms with E-state index in [1.165, 1.54) is 0 Å². The van der Waals surface area contributed by atoms with Gasteiger partial charge in [-0.05, 0) is 38.6 Å². The maximum atomic E-state index is 12.7. The molecule has 120 valence electrons. The highest BCUT2D eigenvalue weighted by molar-refractivity contribution is 7.98. The molecule has 1 N–H and O–H groups in total. The van der Waals surface area contributed by atoms with Gasteiger partial charge >= 0.3 is 6.18 Å². The van der Waals surface area contributed by atoms with Crippen LogP contribution in [0, 0.1) is 0 Å². The minimum absolute atomic E-state index is 0.0675. The first kappa shape index (κ1) is 16.6. The average Bonchev–Trinajstić information content (AvgIpc) is 2.63. The molecule has 1 aliphatic rings. The van der Waals surface area contributed by atoms with Gasteiger partial charge in [0.05, 0.1) is 0 Å². The fourth-order valence-corrected chi connectivity index (χ4v) is 2.95. The van der Waals surface area contributed by atoms with E-state index in [1.807, 2.05) is 6.26 Å². The summed E-state index contributed by atoms with van der Waals surface area (Å²) in [5.74, 6) is 1.92. The molecule has 2 rings (SSSR count). The van der Waals surface area contributed by atoms with E-state index in [0.29, 0.717) is 18.1 Å². The van der Waals surface area contributed by atoms with Crippen LogP contribution in [0.1, 0.15) is 36.8 Å². The molecule has 1 aromatic heterocycles. The van der Waals surface area contributed by atoms with Crippen molar-refractivity contribution in [2.24, 2.45) is 0 Å². The Morgan fingerprint density at radius 2 is 2.14 bits per heavy atom. The van der Waals surface area contributed by atoms with E-state index in [2.05, 4.69) is 15.4 Å². The van der Waals surface area contributed by atoms with Crippen molar-refractivity contribution in [3.63, 3.8) is 0 Å². The van der Waals surface area contributed by atoms with Crippen molar-refractivity contribution < 1.29 is 13.2 Å². The number of hydrogen-bond acceptors (Lipinski definition) is 4. The van der Waals surface area contributed by atoms with Crippen LogP contribution in [0.4, 0.5) is 13.2 Å². The van der Waals surface area contributed by atoms with Gasteiger partial charge in [0.1, 0.15) is 12.4 Å². The molecule has 1 fully saturated rings. The molecule has 2 heterocycles. The summed E-state index contributed by atoms with van der Waals surface area (Å²) in [6.45, 7) is 0.700. The highest BCUT2D eigenvalue weighted by Gasteiger charge is 2.32. The molecule has 8 heteroatoms. The number of aryl methyl sites for hydroxylation is 1. The van der Waals surface area contributed by atoms with Gasteiger partial charge in [-0.3, -0.25) is 0 Å². The maximum absolute atomic E-state index is 12.7. The molecule has 0 amide bonds. The standard InChI is InChI=1S/C13H21F3N4S/c1-21-8-5-11-18-12(10-3-2-6-17-7-4-10)20(19-11)9-13(14,15)16/h10,17H,2-9H2,1H3. The lowest BCUT2D eigenvalue weighted by Crippen LogP contribution is -2.22. The van der Waals surface area contributed by atoms with Crippen molar-refractivity contribution in [2.45, 2.75) is 44.3 Å². The van der Waals surface area contributed by atoms with E-state index in [-0.39, 0.29) is 5.92 Å². The van der Waals surface area contributed by atoms with Gasteiger partial charge in [-0.25, -0.2) is 9.67 Å². The van der Waals surface area contributed by atoms with Crippen LogP contribution in [0.25, 0.3) is 0 Å². The first-order valence-electron chi connectivity index (χ1n) is 7.19. The molecule has 21 heavy (non-hydrogen) atoms. The SMILES string of the molecule is CSCCc1nc(C2CCCNCC2)n(CC(F)(F)F)n1. The highest BCUT2D eigenvalue weighted by Crippen LogP contribution is 2.27. The van der Waals surface area contributed by atoms with E-state index < -0.39 is 12.7 Å². The quantitative estimate of drug-likeness (QED) is 0.905. The molecule has 1 aliphatic heterocycles. The largest absolute Gasteiger partial charge is 0.408 e. The zero-order valence-corrected chi connectivity index (χ0v) is 12.9. The molecule has 0 aliphatic carbocycles. The third-order valence-corrected chi connectivity index (χ3v) is 4.16. The van der Waals surface area contributed by atoms with Crippen molar-refractivity contribution in [2.75, 3.05) is 25.1 Å². The third kappa shape index (κ3) is 5.18. The van der Waals surface area contributed by atoms with E-state index in [9.17, 15) is 13.2 Å². The Hall–Kier alpha value is -0.760. The first-order chi connectivity index (χ1) is 9.99. The molecule has 1 atom stereocenters. The summed E-state index contributed by atoms with van der Waals surface area (Å²) in [4.78, 5) is 4.41. The molecule has 0 aromatic carbocycles. The predicted octanol–water partition coefficient (Wildman–Crippen LogP) is 2.60. The van der Waals surface area contributed by atoms with Gasteiger partial charge in [-0.15, -0.1) is 0 Å². The van der Waals surface area contributed by atoms with Crippen LogP contribution >= 0.6 is 11.8 Å². The van der Waals surface area contributed by atoms with Gasteiger partial charge in [0.2, 0.25) is 0 Å². The molecule has 0 spiro atoms. The van der Waals surface area contributed by atoms with Crippen molar-refractivity contribution in [3.8, 4) is 0 Å². The highest BCUT2D eigenvalue weighted by atomic mass is 32.2. The van der Waals surface area contributed by atoms with E-state index in [0.717, 1.165) is 42.8 Å². The van der Waals surface area contributed by atoms with Crippen molar-refractivity contribution in [1.82, 2.24) is 20.1 Å². The fraction of sp³-hybridized carbons (Fsp3) is 0.846. The summed E-state index contributed by atoms with van der Waals surface area (Å²) in [6, 6.07) is 0. The van der Waals surface area contributed by atoms with Gasteiger partial charge in [0.25, 0.3) is 0 Å². The van der Waals surface area contributed by atoms with E-state index >= 15 is 0 Å². The fourth-order valence-electron chi connectivity index (χ4n) is 2.57. The van der Waals surface area contributed by atoms with Crippen LogP contribution in [0.2, 0.25) is 0 Å². The number of alkyl halides is 3. The Bertz CT molecular complexity index is 439. The topological polar surface area (TPSA) is 42.7 Å². The first-order valence-corrected chi connectivity index (χ1v) is 8.59. The van der Waals surface area contributed by atoms with Crippen LogP contribution < -0.4 is 5.32 Å². The molecule has 1 aromatic rings.